The number of benzene rings is 1. The molecule has 0 spiro atoms. The van der Waals surface area contributed by atoms with E-state index in [0.717, 1.165) is 0 Å². The van der Waals surface area contributed by atoms with Gasteiger partial charge in [-0.05, 0) is 24.3 Å². The van der Waals surface area contributed by atoms with Gasteiger partial charge in [-0.15, -0.1) is 0 Å². The molecule has 0 bridgehead atoms. The second kappa shape index (κ2) is 3.59. The van der Waals surface area contributed by atoms with Crippen LogP contribution in [-0.4, -0.2) is 11.1 Å². The molecule has 0 unspecified atom stereocenters. The lowest BCUT2D eigenvalue weighted by Gasteiger charge is -2.13. The van der Waals surface area contributed by atoms with Gasteiger partial charge in [0.25, 0.3) is 5.92 Å². The van der Waals surface area contributed by atoms with Gasteiger partial charge >= 0.3 is 5.97 Å². The molecule has 1 heterocycles. The fourth-order valence-electron chi connectivity index (χ4n) is 1.49. The van der Waals surface area contributed by atoms with E-state index in [1.165, 1.54) is 24.5 Å². The first-order chi connectivity index (χ1) is 7.49. The molecule has 0 aliphatic heterocycles. The van der Waals surface area contributed by atoms with Crippen molar-refractivity contribution in [2.24, 2.45) is 0 Å². The third-order valence-corrected chi connectivity index (χ3v) is 2.25. The fraction of sp³-hybridized carbons (Fsp3) is 0.182. The number of carbonyl (C=O) groups is 1. The SMILES string of the molecule is O=C(O)CC(F)(F)c1ccc2occc2c1. The summed E-state index contributed by atoms with van der Waals surface area (Å²) in [5, 5.41) is 8.92. The van der Waals surface area contributed by atoms with Crippen LogP contribution in [0.3, 0.4) is 0 Å². The average molecular weight is 226 g/mol. The minimum absolute atomic E-state index is 0.316. The largest absolute Gasteiger partial charge is 0.481 e. The second-order valence-corrected chi connectivity index (χ2v) is 3.45. The number of halogens is 2. The average Bonchev–Trinajstić information content (AvgIpc) is 2.61. The van der Waals surface area contributed by atoms with Gasteiger partial charge in [0.15, 0.2) is 0 Å². The maximum absolute atomic E-state index is 13.4. The molecule has 84 valence electrons. The first-order valence-corrected chi connectivity index (χ1v) is 4.56. The summed E-state index contributed by atoms with van der Waals surface area (Å²) < 4.78 is 31.9. The van der Waals surface area contributed by atoms with Gasteiger partial charge in [0.2, 0.25) is 0 Å². The van der Waals surface area contributed by atoms with Crippen molar-refractivity contribution in [1.82, 2.24) is 0 Å². The van der Waals surface area contributed by atoms with Crippen LogP contribution < -0.4 is 0 Å². The van der Waals surface area contributed by atoms with Crippen LogP contribution in [0, 0.1) is 0 Å². The van der Waals surface area contributed by atoms with Gasteiger partial charge in [-0.3, -0.25) is 4.79 Å². The highest BCUT2D eigenvalue weighted by atomic mass is 19.3. The minimum atomic E-state index is -3.36. The van der Waals surface area contributed by atoms with E-state index in [-0.39, 0.29) is 5.56 Å². The molecule has 0 saturated carbocycles. The number of furan rings is 1. The molecule has 0 radical (unpaired) electrons. The van der Waals surface area contributed by atoms with Crippen LogP contribution in [0.2, 0.25) is 0 Å². The van der Waals surface area contributed by atoms with Gasteiger partial charge in [-0.2, -0.15) is 0 Å². The zero-order valence-electron chi connectivity index (χ0n) is 8.11. The zero-order chi connectivity index (χ0) is 11.8. The van der Waals surface area contributed by atoms with E-state index in [9.17, 15) is 13.6 Å². The molecule has 1 N–H and O–H groups in total. The van der Waals surface area contributed by atoms with E-state index in [1.807, 2.05) is 0 Å². The Morgan fingerprint density at radius 1 is 1.38 bits per heavy atom. The van der Waals surface area contributed by atoms with Crippen molar-refractivity contribution in [1.29, 1.82) is 0 Å². The number of carboxylic acids is 1. The lowest BCUT2D eigenvalue weighted by molar-refractivity contribution is -0.145. The van der Waals surface area contributed by atoms with Crippen molar-refractivity contribution >= 4 is 16.9 Å². The first kappa shape index (κ1) is 10.6. The van der Waals surface area contributed by atoms with Crippen molar-refractivity contribution in [3.63, 3.8) is 0 Å². The lowest BCUT2D eigenvalue weighted by atomic mass is 10.0. The van der Waals surface area contributed by atoms with Crippen LogP contribution in [0.15, 0.2) is 34.9 Å². The van der Waals surface area contributed by atoms with E-state index in [2.05, 4.69) is 0 Å². The molecular weight excluding hydrogens is 218 g/mol. The van der Waals surface area contributed by atoms with Gasteiger partial charge in [-0.1, -0.05) is 0 Å². The van der Waals surface area contributed by atoms with Crippen molar-refractivity contribution in [2.75, 3.05) is 0 Å². The molecule has 0 amide bonds. The standard InChI is InChI=1S/C11H8F2O3/c12-11(13,6-10(14)15)8-1-2-9-7(5-8)3-4-16-9/h1-5H,6H2,(H,14,15). The van der Waals surface area contributed by atoms with Gasteiger partial charge in [-0.25, -0.2) is 8.78 Å². The zero-order valence-corrected chi connectivity index (χ0v) is 8.11. The molecule has 0 aliphatic rings. The maximum Gasteiger partial charge on any atom is 0.309 e. The fourth-order valence-corrected chi connectivity index (χ4v) is 1.49. The summed E-state index contributed by atoms with van der Waals surface area (Å²) in [7, 11) is 0. The van der Waals surface area contributed by atoms with E-state index < -0.39 is 18.3 Å². The molecule has 2 aromatic rings. The summed E-state index contributed by atoms with van der Waals surface area (Å²) in [6.45, 7) is 0. The smallest absolute Gasteiger partial charge is 0.309 e. The maximum atomic E-state index is 13.4. The Hall–Kier alpha value is -1.91. The first-order valence-electron chi connectivity index (χ1n) is 4.56. The van der Waals surface area contributed by atoms with Crippen LogP contribution in [0.4, 0.5) is 8.78 Å². The topological polar surface area (TPSA) is 50.4 Å². The Morgan fingerprint density at radius 2 is 2.12 bits per heavy atom. The molecular formula is C11H8F2O3. The highest BCUT2D eigenvalue weighted by molar-refractivity contribution is 5.78. The highest BCUT2D eigenvalue weighted by Gasteiger charge is 2.34. The van der Waals surface area contributed by atoms with Gasteiger partial charge in [0.05, 0.1) is 6.26 Å². The van der Waals surface area contributed by atoms with Gasteiger partial charge in [0, 0.05) is 10.9 Å². The van der Waals surface area contributed by atoms with Crippen LogP contribution in [0.1, 0.15) is 12.0 Å². The molecule has 1 aromatic heterocycles. The van der Waals surface area contributed by atoms with E-state index in [4.69, 9.17) is 9.52 Å². The Morgan fingerprint density at radius 3 is 2.81 bits per heavy atom. The molecule has 2 rings (SSSR count). The summed E-state index contributed by atoms with van der Waals surface area (Å²) in [5.74, 6) is -4.89. The van der Waals surface area contributed by atoms with Crippen molar-refractivity contribution < 1.29 is 23.1 Å². The van der Waals surface area contributed by atoms with Gasteiger partial charge < -0.3 is 9.52 Å². The number of fused-ring (bicyclic) bond motifs is 1. The number of hydrogen-bond donors (Lipinski definition) is 1. The number of carboxylic acid groups (broad SMARTS) is 1. The van der Waals surface area contributed by atoms with E-state index >= 15 is 0 Å². The molecule has 0 atom stereocenters. The van der Waals surface area contributed by atoms with E-state index in [1.54, 1.807) is 6.07 Å². The summed E-state index contributed by atoms with van der Waals surface area (Å²) in [6, 6.07) is 5.37. The Balaban J connectivity index is 2.41. The Labute approximate surface area is 89.3 Å². The third-order valence-electron chi connectivity index (χ3n) is 2.25. The molecule has 0 saturated heterocycles. The Bertz CT molecular complexity index is 531. The molecule has 16 heavy (non-hydrogen) atoms. The number of aliphatic carboxylic acids is 1. The van der Waals surface area contributed by atoms with Gasteiger partial charge in [0.1, 0.15) is 12.0 Å². The summed E-state index contributed by atoms with van der Waals surface area (Å²) >= 11 is 0. The monoisotopic (exact) mass is 226 g/mol. The van der Waals surface area contributed by atoms with Crippen LogP contribution in [-0.2, 0) is 10.7 Å². The van der Waals surface area contributed by atoms with Crippen molar-refractivity contribution in [2.45, 2.75) is 12.3 Å². The predicted octanol–water partition coefficient (Wildman–Crippen LogP) is 3.00. The highest BCUT2D eigenvalue weighted by Crippen LogP contribution is 2.33. The number of alkyl halides is 2. The molecule has 1 aromatic carbocycles. The predicted molar refractivity (Wildman–Crippen MR) is 52.4 cm³/mol. The summed E-state index contributed by atoms with van der Waals surface area (Å²) in [6.07, 6.45) is 0.181. The number of rotatable bonds is 3. The lowest BCUT2D eigenvalue weighted by Crippen LogP contribution is -2.18. The van der Waals surface area contributed by atoms with Crippen LogP contribution in [0.25, 0.3) is 11.0 Å². The Kier molecular flexibility index (Phi) is 2.38. The van der Waals surface area contributed by atoms with Crippen LogP contribution >= 0.6 is 0 Å². The third kappa shape index (κ3) is 1.88. The van der Waals surface area contributed by atoms with Crippen molar-refractivity contribution in [3.05, 3.63) is 36.1 Å². The molecule has 0 fully saturated rings. The quantitative estimate of drug-likeness (QED) is 0.875. The summed E-state index contributed by atoms with van der Waals surface area (Å²) in [5.41, 5.74) is 0.179. The second-order valence-electron chi connectivity index (χ2n) is 3.45. The minimum Gasteiger partial charge on any atom is -0.481 e. The normalized spacial score (nSPS) is 11.9. The number of hydrogen-bond acceptors (Lipinski definition) is 2. The van der Waals surface area contributed by atoms with Crippen LogP contribution in [0.5, 0.6) is 0 Å². The molecule has 3 nitrogen and oxygen atoms in total. The molecule has 5 heteroatoms. The summed E-state index contributed by atoms with van der Waals surface area (Å²) in [4.78, 5) is 10.3. The van der Waals surface area contributed by atoms with E-state index in [0.29, 0.717) is 11.0 Å². The van der Waals surface area contributed by atoms with Crippen molar-refractivity contribution in [3.8, 4) is 0 Å². The molecule has 0 aliphatic carbocycles.